The summed E-state index contributed by atoms with van der Waals surface area (Å²) in [4.78, 5) is 14.2. The third-order valence-electron chi connectivity index (χ3n) is 2.36. The summed E-state index contributed by atoms with van der Waals surface area (Å²) in [6.07, 6.45) is 5.25. The van der Waals surface area contributed by atoms with E-state index in [2.05, 4.69) is 16.1 Å². The Morgan fingerprint density at radius 1 is 1.25 bits per heavy atom. The van der Waals surface area contributed by atoms with Crippen molar-refractivity contribution in [1.29, 1.82) is 0 Å². The first-order valence-corrected chi connectivity index (χ1v) is 5.83. The van der Waals surface area contributed by atoms with Gasteiger partial charge in [-0.1, -0.05) is 17.8 Å². The number of carbonyl (C=O) groups is 1. The van der Waals surface area contributed by atoms with E-state index in [0.717, 1.165) is 5.69 Å². The Kier molecular flexibility index (Phi) is 6.68. The van der Waals surface area contributed by atoms with E-state index in [1.54, 1.807) is 29.2 Å². The molecule has 0 radical (unpaired) electrons. The summed E-state index contributed by atoms with van der Waals surface area (Å²) in [6, 6.07) is 16.1. The van der Waals surface area contributed by atoms with Crippen LogP contribution in [0.4, 0.5) is 0 Å². The van der Waals surface area contributed by atoms with E-state index in [4.69, 9.17) is 0 Å². The fourth-order valence-corrected chi connectivity index (χ4v) is 1.45. The van der Waals surface area contributed by atoms with Crippen LogP contribution >= 0.6 is 0 Å². The van der Waals surface area contributed by atoms with E-state index in [9.17, 15) is 4.79 Å². The molecule has 1 aromatic carbocycles. The molecule has 0 aliphatic heterocycles. The van der Waals surface area contributed by atoms with Gasteiger partial charge in [0.25, 0.3) is 0 Å². The zero-order valence-electron chi connectivity index (χ0n) is 10.8. The molecule has 104 valence electrons. The van der Waals surface area contributed by atoms with Crippen molar-refractivity contribution < 1.29 is 25.9 Å². The Morgan fingerprint density at radius 2 is 2.10 bits per heavy atom. The Balaban J connectivity index is 0.000000200. The summed E-state index contributed by atoms with van der Waals surface area (Å²) >= 11 is 0. The molecule has 0 saturated carbocycles. The number of aromatic nitrogens is 3. The second kappa shape index (κ2) is 8.28. The molecule has 4 nitrogen and oxygen atoms in total. The van der Waals surface area contributed by atoms with E-state index >= 15 is 0 Å². The van der Waals surface area contributed by atoms with Crippen LogP contribution in [0.1, 0.15) is 17.4 Å². The minimum atomic E-state index is 0. The van der Waals surface area contributed by atoms with Gasteiger partial charge in [0.05, 0.1) is 0 Å². The largest absolute Gasteiger partial charge is 2.00 e. The fraction of sp³-hybridized carbons (Fsp3) is 0.0667. The second-order valence-electron chi connectivity index (χ2n) is 3.78. The van der Waals surface area contributed by atoms with Gasteiger partial charge in [0, 0.05) is 12.4 Å². The molecule has 2 heterocycles. The van der Waals surface area contributed by atoms with Gasteiger partial charge in [-0.05, 0) is 18.7 Å². The third-order valence-corrected chi connectivity index (χ3v) is 2.36. The van der Waals surface area contributed by atoms with E-state index in [1.807, 2.05) is 36.5 Å². The van der Waals surface area contributed by atoms with Crippen LogP contribution in [-0.2, 0) is 21.1 Å². The monoisotopic (exact) mass is 446 g/mol. The van der Waals surface area contributed by atoms with Crippen molar-refractivity contribution in [3.63, 3.8) is 0 Å². The molecule has 5 heteroatoms. The van der Waals surface area contributed by atoms with Gasteiger partial charge in [0.1, 0.15) is 5.78 Å². The summed E-state index contributed by atoms with van der Waals surface area (Å²) in [5, 5.41) is 4.07. The molecule has 0 unspecified atom stereocenters. The van der Waals surface area contributed by atoms with Crippen molar-refractivity contribution in [2.75, 3.05) is 0 Å². The Hall–Kier alpha value is -1.93. The van der Waals surface area contributed by atoms with Crippen molar-refractivity contribution >= 4 is 5.78 Å². The van der Waals surface area contributed by atoms with Gasteiger partial charge < -0.3 is 4.98 Å². The number of Topliss-reactive ketones (excluding diaryl/α,β-unsaturated/α-hetero) is 1. The predicted octanol–water partition coefficient (Wildman–Crippen LogP) is 2.52. The number of benzene rings is 1. The molecule has 3 aromatic rings. The number of hydrogen-bond acceptors (Lipinski definition) is 2. The van der Waals surface area contributed by atoms with Crippen LogP contribution in [-0.4, -0.2) is 15.6 Å². The second-order valence-corrected chi connectivity index (χ2v) is 3.78. The molecule has 0 bridgehead atoms. The van der Waals surface area contributed by atoms with Gasteiger partial charge in [-0.25, -0.2) is 0 Å². The Labute approximate surface area is 132 Å². The van der Waals surface area contributed by atoms with Crippen LogP contribution in [0.3, 0.4) is 0 Å². The Bertz CT molecular complexity index is 604. The van der Waals surface area contributed by atoms with Gasteiger partial charge in [-0.3, -0.25) is 9.48 Å². The van der Waals surface area contributed by atoms with Crippen LogP contribution in [0, 0.1) is 6.07 Å². The molecule has 0 aliphatic rings. The SMILES string of the molecule is CC(=O)c1ccc[n-]1.[Pt+2].[c-]1ccccc1-n1cccn1. The quantitative estimate of drug-likeness (QED) is 0.449. The minimum absolute atomic E-state index is 0. The molecule has 0 N–H and O–H groups in total. The molecule has 0 amide bonds. The van der Waals surface area contributed by atoms with E-state index in [-0.39, 0.29) is 26.8 Å². The summed E-state index contributed by atoms with van der Waals surface area (Å²) in [6.45, 7) is 1.50. The average Bonchev–Trinajstić information content (AvgIpc) is 3.14. The first-order chi connectivity index (χ1) is 9.27. The van der Waals surface area contributed by atoms with Crippen LogP contribution in [0.2, 0.25) is 0 Å². The van der Waals surface area contributed by atoms with Crippen LogP contribution in [0.15, 0.2) is 61.1 Å². The van der Waals surface area contributed by atoms with E-state index < -0.39 is 0 Å². The number of para-hydroxylation sites is 1. The number of carbonyl (C=O) groups excluding carboxylic acids is 1. The molecule has 3 rings (SSSR count). The summed E-state index contributed by atoms with van der Waals surface area (Å²) in [7, 11) is 0. The number of rotatable bonds is 2. The van der Waals surface area contributed by atoms with Gasteiger partial charge in [-0.15, -0.1) is 6.07 Å². The standard InChI is InChI=1S/C9H7N2.C6H7NO.Pt/c1-2-5-9(6-3-1)11-8-4-7-10-11;1-5(8)6-3-2-4-7-6;/h1-5,7-8H;2-4H,1H3,(H,7,8);/q-1;;+2/p-1. The van der Waals surface area contributed by atoms with Gasteiger partial charge in [-0.2, -0.15) is 35.6 Å². The van der Waals surface area contributed by atoms with Crippen molar-refractivity contribution in [3.8, 4) is 5.69 Å². The molecule has 0 aliphatic carbocycles. The number of hydrogen-bond donors (Lipinski definition) is 0. The molecule has 20 heavy (non-hydrogen) atoms. The van der Waals surface area contributed by atoms with Crippen molar-refractivity contribution in [2.24, 2.45) is 0 Å². The molecule has 0 saturated heterocycles. The van der Waals surface area contributed by atoms with Crippen LogP contribution in [0.25, 0.3) is 5.69 Å². The van der Waals surface area contributed by atoms with Crippen molar-refractivity contribution in [3.05, 3.63) is 72.8 Å². The molecule has 2 aromatic heterocycles. The van der Waals surface area contributed by atoms with Crippen LogP contribution in [0.5, 0.6) is 0 Å². The normalized spacial score (nSPS) is 9.05. The third kappa shape index (κ3) is 4.63. The van der Waals surface area contributed by atoms with Gasteiger partial charge >= 0.3 is 21.1 Å². The first-order valence-electron chi connectivity index (χ1n) is 5.83. The summed E-state index contributed by atoms with van der Waals surface area (Å²) in [5.74, 6) is 0.0231. The molecule has 0 fully saturated rings. The number of nitrogens with zero attached hydrogens (tertiary/aromatic N) is 3. The van der Waals surface area contributed by atoms with Crippen LogP contribution < -0.4 is 4.98 Å². The maximum atomic E-state index is 10.4. The van der Waals surface area contributed by atoms with Crippen molar-refractivity contribution in [2.45, 2.75) is 6.92 Å². The maximum Gasteiger partial charge on any atom is 2.00 e. The molecule has 0 atom stereocenters. The van der Waals surface area contributed by atoms with Gasteiger partial charge in [0.2, 0.25) is 0 Å². The van der Waals surface area contributed by atoms with Crippen molar-refractivity contribution in [1.82, 2.24) is 14.8 Å². The Morgan fingerprint density at radius 3 is 2.55 bits per heavy atom. The zero-order valence-corrected chi connectivity index (χ0v) is 13.1. The molecular weight excluding hydrogens is 433 g/mol. The minimum Gasteiger partial charge on any atom is -0.661 e. The number of ketones is 1. The van der Waals surface area contributed by atoms with Gasteiger partial charge in [0.15, 0.2) is 0 Å². The average molecular weight is 446 g/mol. The summed E-state index contributed by atoms with van der Waals surface area (Å²) < 4.78 is 1.78. The first kappa shape index (κ1) is 16.1. The summed E-state index contributed by atoms with van der Waals surface area (Å²) in [5.41, 5.74) is 1.52. The predicted molar refractivity (Wildman–Crippen MR) is 72.2 cm³/mol. The smallest absolute Gasteiger partial charge is 0.661 e. The molecular formula is C15H13N3OPt. The maximum absolute atomic E-state index is 10.4. The van der Waals surface area contributed by atoms with E-state index in [1.165, 1.54) is 6.92 Å². The zero-order chi connectivity index (χ0) is 13.5. The topological polar surface area (TPSA) is 49.0 Å². The molecule has 0 spiro atoms. The van der Waals surface area contributed by atoms with E-state index in [0.29, 0.717) is 5.69 Å². The fourth-order valence-electron chi connectivity index (χ4n) is 1.45.